The minimum Gasteiger partial charge on any atom is -0.461 e. The molecule has 0 aliphatic heterocycles. The number of esters is 1. The monoisotopic (exact) mass is 530 g/mol. The number of unbranched alkanes of at least 4 members (excludes halogenated alkanes) is 1. The number of rotatable bonds is 13. The van der Waals surface area contributed by atoms with E-state index in [9.17, 15) is 18.0 Å². The molecule has 8 nitrogen and oxygen atoms in total. The summed E-state index contributed by atoms with van der Waals surface area (Å²) >= 11 is 0. The summed E-state index contributed by atoms with van der Waals surface area (Å²) in [5, 5.41) is 3.85. The zero-order valence-corrected chi connectivity index (χ0v) is 23.4. The summed E-state index contributed by atoms with van der Waals surface area (Å²) in [4.78, 5) is 30.7. The van der Waals surface area contributed by atoms with Crippen LogP contribution >= 0.6 is 0 Å². The molecule has 0 saturated carbocycles. The van der Waals surface area contributed by atoms with Gasteiger partial charge in [-0.3, -0.25) is 4.79 Å². The molecule has 2 aromatic rings. The molecule has 0 aliphatic carbocycles. The number of carbonyl (C=O) groups is 2. The Morgan fingerprint density at radius 3 is 2.24 bits per heavy atom. The molecule has 202 valence electrons. The molecular weight excluding hydrogens is 492 g/mol. The average Bonchev–Trinajstić information content (AvgIpc) is 2.83. The van der Waals surface area contributed by atoms with E-state index in [2.05, 4.69) is 9.88 Å². The fraction of sp³-hybridized carbons (Fsp3) is 0.464. The molecule has 1 N–H and O–H groups in total. The van der Waals surface area contributed by atoms with Gasteiger partial charge in [0, 0.05) is 17.5 Å². The quantitative estimate of drug-likeness (QED) is 0.224. The van der Waals surface area contributed by atoms with E-state index in [1.54, 1.807) is 52.0 Å². The lowest BCUT2D eigenvalue weighted by Gasteiger charge is -2.21. The van der Waals surface area contributed by atoms with Crippen LogP contribution in [-0.2, 0) is 35.6 Å². The lowest BCUT2D eigenvalue weighted by Crippen LogP contribution is -2.40. The van der Waals surface area contributed by atoms with E-state index in [0.29, 0.717) is 24.0 Å². The molecule has 1 unspecified atom stereocenters. The van der Waals surface area contributed by atoms with Crippen molar-refractivity contribution in [3.8, 4) is 11.1 Å². The Hall–Kier alpha value is -3.04. The largest absolute Gasteiger partial charge is 0.461 e. The van der Waals surface area contributed by atoms with Crippen molar-refractivity contribution in [3.05, 3.63) is 54.1 Å². The molecular formula is C28H38N2O6S. The molecule has 0 aromatic heterocycles. The molecule has 9 heteroatoms. The van der Waals surface area contributed by atoms with Crippen molar-refractivity contribution in [2.75, 3.05) is 13.7 Å². The Morgan fingerprint density at radius 1 is 1.03 bits per heavy atom. The maximum absolute atomic E-state index is 13.1. The molecule has 0 radical (unpaired) electrons. The number of nitrogens with one attached hydrogen (secondary N) is 1. The van der Waals surface area contributed by atoms with Gasteiger partial charge in [-0.2, -0.15) is 0 Å². The minimum absolute atomic E-state index is 0.0563. The molecule has 0 fully saturated rings. The Bertz CT molecular complexity index is 1200. The number of hydrogen-bond acceptors (Lipinski definition) is 7. The molecule has 0 amide bonds. The first-order chi connectivity index (χ1) is 17.4. The van der Waals surface area contributed by atoms with Gasteiger partial charge in [-0.05, 0) is 57.7 Å². The van der Waals surface area contributed by atoms with Gasteiger partial charge >= 0.3 is 5.97 Å². The summed E-state index contributed by atoms with van der Waals surface area (Å²) in [5.41, 5.74) is 1.38. The van der Waals surface area contributed by atoms with Crippen molar-refractivity contribution in [2.24, 2.45) is 11.1 Å². The van der Waals surface area contributed by atoms with Gasteiger partial charge in [-0.25, -0.2) is 17.9 Å². The maximum Gasteiger partial charge on any atom is 0.356 e. The van der Waals surface area contributed by atoms with E-state index < -0.39 is 27.4 Å². The highest BCUT2D eigenvalue weighted by Crippen LogP contribution is 2.29. The molecule has 0 saturated heterocycles. The second-order valence-corrected chi connectivity index (χ2v) is 11.4. The average molecular weight is 531 g/mol. The smallest absolute Gasteiger partial charge is 0.356 e. The van der Waals surface area contributed by atoms with Crippen LogP contribution in [0.5, 0.6) is 0 Å². The molecule has 2 rings (SSSR count). The highest BCUT2D eigenvalue weighted by Gasteiger charge is 2.31. The maximum atomic E-state index is 13.1. The molecule has 37 heavy (non-hydrogen) atoms. The fourth-order valence-electron chi connectivity index (χ4n) is 3.89. The third kappa shape index (κ3) is 8.79. The second kappa shape index (κ2) is 13.5. The first-order valence-corrected chi connectivity index (χ1v) is 13.9. The van der Waals surface area contributed by atoms with E-state index in [0.717, 1.165) is 12.0 Å². The van der Waals surface area contributed by atoms with Crippen LogP contribution in [0.1, 0.15) is 59.4 Å². The van der Waals surface area contributed by atoms with E-state index in [1.165, 1.54) is 7.11 Å². The molecule has 1 atom stereocenters. The standard InChI is InChI=1S/C28H38N2O6S/c1-7-9-13-24(31)23(26(29-35-6)27(32)36-8-2)19-20-15-17-21(18-16-20)22-12-10-11-14-25(22)37(33,34)30-28(3,4)5/h10-12,14-18,23,30H,7-9,13,19H2,1-6H3/b29-26-. The summed E-state index contributed by atoms with van der Waals surface area (Å²) in [5.74, 6) is -1.61. The van der Waals surface area contributed by atoms with Gasteiger partial charge in [0.2, 0.25) is 10.0 Å². The third-order valence-corrected chi connectivity index (χ3v) is 7.31. The van der Waals surface area contributed by atoms with Gasteiger partial charge in [-0.15, -0.1) is 0 Å². The number of ether oxygens (including phenoxy) is 1. The van der Waals surface area contributed by atoms with Crippen molar-refractivity contribution in [1.29, 1.82) is 0 Å². The van der Waals surface area contributed by atoms with Gasteiger partial charge in [0.15, 0.2) is 5.71 Å². The van der Waals surface area contributed by atoms with E-state index in [1.807, 2.05) is 31.2 Å². The van der Waals surface area contributed by atoms with Crippen molar-refractivity contribution in [1.82, 2.24) is 4.72 Å². The fourth-order valence-corrected chi connectivity index (χ4v) is 5.54. The molecule has 0 bridgehead atoms. The van der Waals surface area contributed by atoms with Crippen molar-refractivity contribution in [3.63, 3.8) is 0 Å². The van der Waals surface area contributed by atoms with E-state index in [-0.39, 0.29) is 29.4 Å². The lowest BCUT2D eigenvalue weighted by molar-refractivity contribution is -0.136. The number of carbonyl (C=O) groups excluding carboxylic acids is 2. The number of oxime groups is 1. The SMILES string of the molecule is CCCCC(=O)C(Cc1ccc(-c2ccccc2S(=O)(=O)NC(C)(C)C)cc1)/C(=N/OC)C(=O)OCC. The Labute approximate surface area is 220 Å². The molecule has 2 aromatic carbocycles. The van der Waals surface area contributed by atoms with Gasteiger partial charge < -0.3 is 9.57 Å². The second-order valence-electron chi connectivity index (χ2n) is 9.75. The number of benzene rings is 2. The van der Waals surface area contributed by atoms with E-state index in [4.69, 9.17) is 9.57 Å². The first-order valence-electron chi connectivity index (χ1n) is 12.5. The van der Waals surface area contributed by atoms with Gasteiger partial charge in [0.25, 0.3) is 0 Å². The van der Waals surface area contributed by atoms with E-state index >= 15 is 0 Å². The Balaban J connectivity index is 2.42. The number of ketones is 1. The number of hydrogen-bond donors (Lipinski definition) is 1. The summed E-state index contributed by atoms with van der Waals surface area (Å²) in [6.07, 6.45) is 2.09. The highest BCUT2D eigenvalue weighted by molar-refractivity contribution is 7.89. The van der Waals surface area contributed by atoms with Crippen LogP contribution in [0.2, 0.25) is 0 Å². The lowest BCUT2D eigenvalue weighted by atomic mass is 9.88. The van der Waals surface area contributed by atoms with Gasteiger partial charge in [0.1, 0.15) is 12.9 Å². The topological polar surface area (TPSA) is 111 Å². The summed E-state index contributed by atoms with van der Waals surface area (Å²) in [7, 11) is -2.43. The first kappa shape index (κ1) is 30.2. The Kier molecular flexibility index (Phi) is 11.0. The summed E-state index contributed by atoms with van der Waals surface area (Å²) in [6, 6.07) is 14.1. The van der Waals surface area contributed by atoms with Crippen LogP contribution in [0.15, 0.2) is 58.6 Å². The van der Waals surface area contributed by atoms with Gasteiger partial charge in [-0.1, -0.05) is 61.0 Å². The molecule has 0 aliphatic rings. The molecule has 0 spiro atoms. The van der Waals surface area contributed by atoms with Crippen molar-refractivity contribution >= 4 is 27.5 Å². The Morgan fingerprint density at radius 2 is 1.68 bits per heavy atom. The number of nitrogens with zero attached hydrogens (tertiary/aromatic N) is 1. The van der Waals surface area contributed by atoms with Crippen LogP contribution in [0.3, 0.4) is 0 Å². The number of sulfonamides is 1. The summed E-state index contributed by atoms with van der Waals surface area (Å²) < 4.78 is 33.9. The predicted octanol–water partition coefficient (Wildman–Crippen LogP) is 4.91. The van der Waals surface area contributed by atoms with Crippen LogP contribution < -0.4 is 4.72 Å². The normalized spacial score (nSPS) is 13.2. The van der Waals surface area contributed by atoms with Crippen LogP contribution in [0, 0.1) is 5.92 Å². The minimum atomic E-state index is -3.75. The van der Waals surface area contributed by atoms with Crippen molar-refractivity contribution in [2.45, 2.75) is 70.7 Å². The predicted molar refractivity (Wildman–Crippen MR) is 145 cm³/mol. The zero-order chi connectivity index (χ0) is 27.6. The van der Waals surface area contributed by atoms with Crippen LogP contribution in [0.4, 0.5) is 0 Å². The van der Waals surface area contributed by atoms with Crippen LogP contribution in [0.25, 0.3) is 11.1 Å². The van der Waals surface area contributed by atoms with Crippen molar-refractivity contribution < 1.29 is 27.6 Å². The molecule has 0 heterocycles. The summed E-state index contributed by atoms with van der Waals surface area (Å²) in [6.45, 7) is 9.20. The highest BCUT2D eigenvalue weighted by atomic mass is 32.2. The number of Topliss-reactive ketones (excluding diaryl/α,β-unsaturated/α-hetero) is 1. The van der Waals surface area contributed by atoms with Crippen LogP contribution in [-0.4, -0.2) is 45.1 Å². The zero-order valence-electron chi connectivity index (χ0n) is 22.5. The van der Waals surface area contributed by atoms with Gasteiger partial charge in [0.05, 0.1) is 17.4 Å². The third-order valence-electron chi connectivity index (χ3n) is 5.49.